The van der Waals surface area contributed by atoms with Crippen LogP contribution >= 0.6 is 0 Å². The maximum absolute atomic E-state index is 3.44. The van der Waals surface area contributed by atoms with Crippen LogP contribution in [-0.4, -0.2) is 13.1 Å². The second-order valence-electron chi connectivity index (χ2n) is 4.50. The number of unbranched alkanes of at least 4 members (excludes halogenated alkanes) is 2. The van der Waals surface area contributed by atoms with Crippen molar-refractivity contribution in [3.8, 4) is 0 Å². The van der Waals surface area contributed by atoms with Crippen LogP contribution in [0.25, 0.3) is 0 Å². The molecule has 0 amide bonds. The Morgan fingerprint density at radius 3 is 2.54 bits per heavy atom. The third kappa shape index (κ3) is 5.30. The van der Waals surface area contributed by atoms with Crippen molar-refractivity contribution in [1.82, 2.24) is 5.32 Å². The minimum atomic E-state index is 0.798. The van der Waals surface area contributed by atoms with Crippen molar-refractivity contribution >= 4 is 0 Å². The van der Waals surface area contributed by atoms with Gasteiger partial charge in [-0.15, -0.1) is 0 Å². The number of rotatable bonds is 8. The zero-order valence-electron chi connectivity index (χ0n) is 9.31. The predicted octanol–water partition coefficient (Wildman–Crippen LogP) is 3.34. The summed E-state index contributed by atoms with van der Waals surface area (Å²) in [6.07, 6.45) is 11.4. The molecule has 0 saturated heterocycles. The third-order valence-electron chi connectivity index (χ3n) is 3.18. The molecule has 0 aromatic rings. The van der Waals surface area contributed by atoms with Crippen LogP contribution in [0.1, 0.15) is 58.3 Å². The molecule has 0 aliphatic heterocycles. The summed E-state index contributed by atoms with van der Waals surface area (Å²) in [6.45, 7) is 2.28. The molecule has 0 radical (unpaired) electrons. The normalized spacial score (nSPS) is 18.9. The molecule has 1 atom stereocenters. The zero-order chi connectivity index (χ0) is 9.52. The zero-order valence-corrected chi connectivity index (χ0v) is 9.31. The number of nitrogens with one attached hydrogen (secondary N) is 1. The summed E-state index contributed by atoms with van der Waals surface area (Å²) in [5.74, 6) is 1.10. The maximum atomic E-state index is 3.44. The van der Waals surface area contributed by atoms with Crippen LogP contribution in [0.4, 0.5) is 0 Å². The molecule has 1 aliphatic carbocycles. The summed E-state index contributed by atoms with van der Waals surface area (Å²) in [6, 6.07) is 0.798. The Hall–Kier alpha value is -0.0400. The van der Waals surface area contributed by atoms with E-state index in [1.807, 2.05) is 0 Å². The van der Waals surface area contributed by atoms with Crippen molar-refractivity contribution in [1.29, 1.82) is 0 Å². The smallest absolute Gasteiger partial charge is 0.00641 e. The van der Waals surface area contributed by atoms with E-state index < -0.39 is 0 Å². The summed E-state index contributed by atoms with van der Waals surface area (Å²) < 4.78 is 0. The van der Waals surface area contributed by atoms with Crippen LogP contribution in [0, 0.1) is 5.92 Å². The number of hydrogen-bond acceptors (Lipinski definition) is 1. The first-order chi connectivity index (χ1) is 6.36. The Morgan fingerprint density at radius 1 is 1.23 bits per heavy atom. The highest BCUT2D eigenvalue weighted by molar-refractivity contribution is 4.76. The van der Waals surface area contributed by atoms with Gasteiger partial charge >= 0.3 is 0 Å². The molecule has 1 unspecified atom stereocenters. The topological polar surface area (TPSA) is 12.0 Å². The van der Waals surface area contributed by atoms with Crippen molar-refractivity contribution in [2.45, 2.75) is 64.3 Å². The van der Waals surface area contributed by atoms with Crippen LogP contribution in [0.5, 0.6) is 0 Å². The van der Waals surface area contributed by atoms with Crippen LogP contribution < -0.4 is 5.32 Å². The molecule has 0 heterocycles. The number of hydrogen-bond donors (Lipinski definition) is 1. The van der Waals surface area contributed by atoms with E-state index in [0.717, 1.165) is 12.0 Å². The fraction of sp³-hybridized carbons (Fsp3) is 1.00. The van der Waals surface area contributed by atoms with Gasteiger partial charge in [-0.3, -0.25) is 0 Å². The van der Waals surface area contributed by atoms with Crippen molar-refractivity contribution in [2.24, 2.45) is 5.92 Å². The van der Waals surface area contributed by atoms with E-state index in [-0.39, 0.29) is 0 Å². The molecule has 1 aliphatic rings. The fourth-order valence-corrected chi connectivity index (χ4v) is 1.92. The van der Waals surface area contributed by atoms with E-state index in [0.29, 0.717) is 0 Å². The second-order valence-corrected chi connectivity index (χ2v) is 4.50. The van der Waals surface area contributed by atoms with Gasteiger partial charge in [0.15, 0.2) is 0 Å². The SMILES string of the molecule is CCCCCC(CCC1CC1)NC. The highest BCUT2D eigenvalue weighted by atomic mass is 14.9. The summed E-state index contributed by atoms with van der Waals surface area (Å²) >= 11 is 0. The lowest BCUT2D eigenvalue weighted by Crippen LogP contribution is -2.25. The average molecular weight is 183 g/mol. The van der Waals surface area contributed by atoms with Gasteiger partial charge in [-0.1, -0.05) is 39.0 Å². The van der Waals surface area contributed by atoms with Gasteiger partial charge in [-0.05, 0) is 32.2 Å². The Kier molecular flexibility index (Phi) is 5.45. The molecular formula is C12H25N. The molecule has 0 aromatic heterocycles. The molecule has 13 heavy (non-hydrogen) atoms. The minimum absolute atomic E-state index is 0.798. The van der Waals surface area contributed by atoms with Crippen molar-refractivity contribution in [3.05, 3.63) is 0 Å². The summed E-state index contributed by atoms with van der Waals surface area (Å²) in [7, 11) is 2.11. The Balaban J connectivity index is 1.95. The van der Waals surface area contributed by atoms with Gasteiger partial charge in [0.05, 0.1) is 0 Å². The van der Waals surface area contributed by atoms with Gasteiger partial charge in [-0.25, -0.2) is 0 Å². The molecule has 1 nitrogen and oxygen atoms in total. The molecule has 78 valence electrons. The summed E-state index contributed by atoms with van der Waals surface area (Å²) in [5.41, 5.74) is 0. The van der Waals surface area contributed by atoms with E-state index in [2.05, 4.69) is 19.3 Å². The first kappa shape index (κ1) is 11.0. The first-order valence-corrected chi connectivity index (χ1v) is 6.04. The van der Waals surface area contributed by atoms with E-state index in [4.69, 9.17) is 0 Å². The molecule has 0 spiro atoms. The summed E-state index contributed by atoms with van der Waals surface area (Å²) in [4.78, 5) is 0. The quantitative estimate of drug-likeness (QED) is 0.569. The largest absolute Gasteiger partial charge is 0.317 e. The van der Waals surface area contributed by atoms with Gasteiger partial charge < -0.3 is 5.32 Å². The Labute approximate surface area is 83.3 Å². The molecule has 0 bridgehead atoms. The van der Waals surface area contributed by atoms with E-state index in [9.17, 15) is 0 Å². The molecule has 1 heteroatoms. The molecule has 0 aromatic carbocycles. The standard InChI is InChI=1S/C12H25N/c1-3-4-5-6-12(13-2)10-9-11-7-8-11/h11-13H,3-10H2,1-2H3. The Bertz CT molecular complexity index is 118. The van der Waals surface area contributed by atoms with Gasteiger partial charge in [-0.2, -0.15) is 0 Å². The molecule has 1 N–H and O–H groups in total. The van der Waals surface area contributed by atoms with Gasteiger partial charge in [0.1, 0.15) is 0 Å². The summed E-state index contributed by atoms with van der Waals surface area (Å²) in [5, 5.41) is 3.44. The highest BCUT2D eigenvalue weighted by Crippen LogP contribution is 2.34. The third-order valence-corrected chi connectivity index (χ3v) is 3.18. The molecule has 1 rings (SSSR count). The minimum Gasteiger partial charge on any atom is -0.317 e. The highest BCUT2D eigenvalue weighted by Gasteiger charge is 2.21. The van der Waals surface area contributed by atoms with Crippen molar-refractivity contribution < 1.29 is 0 Å². The molecule has 1 saturated carbocycles. The van der Waals surface area contributed by atoms with Crippen molar-refractivity contribution in [3.63, 3.8) is 0 Å². The monoisotopic (exact) mass is 183 g/mol. The first-order valence-electron chi connectivity index (χ1n) is 6.04. The van der Waals surface area contributed by atoms with Gasteiger partial charge in [0.25, 0.3) is 0 Å². The lowest BCUT2D eigenvalue weighted by atomic mass is 10.0. The Morgan fingerprint density at radius 2 is 2.00 bits per heavy atom. The van der Waals surface area contributed by atoms with Gasteiger partial charge in [0, 0.05) is 6.04 Å². The molecule has 1 fully saturated rings. The van der Waals surface area contributed by atoms with Crippen LogP contribution in [0.2, 0.25) is 0 Å². The van der Waals surface area contributed by atoms with Crippen LogP contribution in [0.3, 0.4) is 0 Å². The van der Waals surface area contributed by atoms with E-state index in [1.54, 1.807) is 0 Å². The fourth-order valence-electron chi connectivity index (χ4n) is 1.92. The second kappa shape index (κ2) is 6.42. The molecular weight excluding hydrogens is 158 g/mol. The lowest BCUT2D eigenvalue weighted by Gasteiger charge is -2.15. The average Bonchev–Trinajstić information content (AvgIpc) is 2.94. The van der Waals surface area contributed by atoms with E-state index in [1.165, 1.54) is 51.4 Å². The maximum Gasteiger partial charge on any atom is 0.00641 e. The van der Waals surface area contributed by atoms with Crippen LogP contribution in [-0.2, 0) is 0 Å². The van der Waals surface area contributed by atoms with Gasteiger partial charge in [0.2, 0.25) is 0 Å². The lowest BCUT2D eigenvalue weighted by molar-refractivity contribution is 0.442. The van der Waals surface area contributed by atoms with Crippen LogP contribution in [0.15, 0.2) is 0 Å². The van der Waals surface area contributed by atoms with E-state index >= 15 is 0 Å². The van der Waals surface area contributed by atoms with Crippen molar-refractivity contribution in [2.75, 3.05) is 7.05 Å². The predicted molar refractivity (Wildman–Crippen MR) is 58.9 cm³/mol.